The van der Waals surface area contributed by atoms with E-state index in [4.69, 9.17) is 5.73 Å². The Morgan fingerprint density at radius 3 is 2.57 bits per heavy atom. The van der Waals surface area contributed by atoms with Crippen molar-refractivity contribution in [3.63, 3.8) is 0 Å². The maximum absolute atomic E-state index is 12.0. The van der Waals surface area contributed by atoms with Gasteiger partial charge in [0.2, 0.25) is 0 Å². The molecule has 110 valence electrons. The molecule has 0 bridgehead atoms. The van der Waals surface area contributed by atoms with Gasteiger partial charge in [0.25, 0.3) is 5.91 Å². The Kier molecular flexibility index (Phi) is 4.48. The molecule has 0 radical (unpaired) electrons. The number of hydrogen-bond donors (Lipinski definition) is 2. The molecule has 0 aliphatic rings. The van der Waals surface area contributed by atoms with Crippen LogP contribution in [0.15, 0.2) is 42.5 Å². The van der Waals surface area contributed by atoms with Gasteiger partial charge in [-0.2, -0.15) is 0 Å². The first-order valence-corrected chi connectivity index (χ1v) is 6.88. The van der Waals surface area contributed by atoms with E-state index in [0.717, 1.165) is 22.5 Å². The highest BCUT2D eigenvalue weighted by Gasteiger charge is 2.10. The van der Waals surface area contributed by atoms with Crippen molar-refractivity contribution in [1.82, 2.24) is 4.90 Å². The predicted octanol–water partition coefficient (Wildman–Crippen LogP) is 2.89. The molecule has 0 unspecified atom stereocenters. The molecule has 4 heteroatoms. The second-order valence-corrected chi connectivity index (χ2v) is 5.28. The lowest BCUT2D eigenvalue weighted by Gasteiger charge is -2.15. The number of nitrogens with two attached hydrogens (primary N) is 1. The number of anilines is 2. The van der Waals surface area contributed by atoms with E-state index in [1.807, 2.05) is 49.4 Å². The van der Waals surface area contributed by atoms with Crippen LogP contribution in [0.5, 0.6) is 0 Å². The van der Waals surface area contributed by atoms with E-state index in [1.54, 1.807) is 19.0 Å². The molecule has 21 heavy (non-hydrogen) atoms. The van der Waals surface area contributed by atoms with E-state index < -0.39 is 0 Å². The second-order valence-electron chi connectivity index (χ2n) is 5.28. The largest absolute Gasteiger partial charge is 0.398 e. The van der Waals surface area contributed by atoms with Crippen molar-refractivity contribution in [2.45, 2.75) is 13.5 Å². The van der Waals surface area contributed by atoms with E-state index >= 15 is 0 Å². The van der Waals surface area contributed by atoms with Gasteiger partial charge in [-0.3, -0.25) is 4.79 Å². The second kappa shape index (κ2) is 6.31. The van der Waals surface area contributed by atoms with Crippen molar-refractivity contribution in [2.75, 3.05) is 25.1 Å². The van der Waals surface area contributed by atoms with E-state index in [2.05, 4.69) is 5.32 Å². The van der Waals surface area contributed by atoms with Gasteiger partial charge in [-0.15, -0.1) is 0 Å². The van der Waals surface area contributed by atoms with Crippen LogP contribution in [-0.4, -0.2) is 24.9 Å². The minimum atomic E-state index is -0.00252. The Labute approximate surface area is 125 Å². The zero-order valence-corrected chi connectivity index (χ0v) is 12.7. The van der Waals surface area contributed by atoms with Crippen LogP contribution in [0.2, 0.25) is 0 Å². The van der Waals surface area contributed by atoms with Gasteiger partial charge >= 0.3 is 0 Å². The van der Waals surface area contributed by atoms with Crippen LogP contribution < -0.4 is 11.1 Å². The van der Waals surface area contributed by atoms with Gasteiger partial charge < -0.3 is 16.0 Å². The Bertz CT molecular complexity index is 650. The van der Waals surface area contributed by atoms with Gasteiger partial charge in [0.15, 0.2) is 0 Å². The molecule has 0 atom stereocenters. The number of nitrogens with one attached hydrogen (secondary N) is 1. The molecule has 2 rings (SSSR count). The average molecular weight is 283 g/mol. The number of carbonyl (C=O) groups excluding carboxylic acids is 1. The molecule has 0 aliphatic heterocycles. The van der Waals surface area contributed by atoms with E-state index in [1.165, 1.54) is 0 Å². The number of nitrogen functional groups attached to an aromatic ring is 1. The number of rotatable bonds is 4. The molecule has 0 heterocycles. The minimum absolute atomic E-state index is 0.00252. The quantitative estimate of drug-likeness (QED) is 0.848. The Balaban J connectivity index is 2.18. The molecule has 0 aliphatic carbocycles. The molecule has 0 saturated carbocycles. The summed E-state index contributed by atoms with van der Waals surface area (Å²) in [5.41, 5.74) is 10.5. The average Bonchev–Trinajstić information content (AvgIpc) is 2.47. The van der Waals surface area contributed by atoms with E-state index in [0.29, 0.717) is 12.1 Å². The summed E-state index contributed by atoms with van der Waals surface area (Å²) in [7, 11) is 3.50. The number of aryl methyl sites for hydroxylation is 1. The zero-order valence-electron chi connectivity index (χ0n) is 12.7. The normalized spacial score (nSPS) is 10.2. The number of para-hydroxylation sites is 1. The van der Waals surface area contributed by atoms with Gasteiger partial charge in [-0.25, -0.2) is 0 Å². The SMILES string of the molecule is Cc1ccc(C(=O)N(C)C)cc1NCc1ccccc1N. The van der Waals surface area contributed by atoms with Crippen molar-refractivity contribution in [1.29, 1.82) is 0 Å². The summed E-state index contributed by atoms with van der Waals surface area (Å²) in [6, 6.07) is 13.4. The molecular weight excluding hydrogens is 262 g/mol. The van der Waals surface area contributed by atoms with Crippen LogP contribution in [0.3, 0.4) is 0 Å². The molecular formula is C17H21N3O. The standard InChI is InChI=1S/C17H21N3O/c1-12-8-9-13(17(21)20(2)3)10-16(12)19-11-14-6-4-5-7-15(14)18/h4-10,19H,11,18H2,1-3H3. The maximum atomic E-state index is 12.0. The molecule has 0 spiro atoms. The van der Waals surface area contributed by atoms with Crippen molar-refractivity contribution in [3.05, 3.63) is 59.2 Å². The summed E-state index contributed by atoms with van der Waals surface area (Å²) in [6.45, 7) is 2.65. The lowest BCUT2D eigenvalue weighted by atomic mass is 10.1. The van der Waals surface area contributed by atoms with E-state index in [-0.39, 0.29) is 5.91 Å². The summed E-state index contributed by atoms with van der Waals surface area (Å²) < 4.78 is 0. The number of benzene rings is 2. The molecule has 0 aromatic heterocycles. The number of amides is 1. The highest BCUT2D eigenvalue weighted by atomic mass is 16.2. The molecule has 0 fully saturated rings. The monoisotopic (exact) mass is 283 g/mol. The molecule has 2 aromatic rings. The molecule has 2 aromatic carbocycles. The third-order valence-corrected chi connectivity index (χ3v) is 3.42. The van der Waals surface area contributed by atoms with Gasteiger partial charge in [-0.05, 0) is 36.2 Å². The van der Waals surface area contributed by atoms with Crippen molar-refractivity contribution in [3.8, 4) is 0 Å². The van der Waals surface area contributed by atoms with Crippen LogP contribution in [-0.2, 0) is 6.54 Å². The molecule has 4 nitrogen and oxygen atoms in total. The van der Waals surface area contributed by atoms with Gasteiger partial charge in [0.05, 0.1) is 0 Å². The number of nitrogens with zero attached hydrogens (tertiary/aromatic N) is 1. The smallest absolute Gasteiger partial charge is 0.253 e. The van der Waals surface area contributed by atoms with E-state index in [9.17, 15) is 4.79 Å². The number of carbonyl (C=O) groups is 1. The number of hydrogen-bond acceptors (Lipinski definition) is 3. The Morgan fingerprint density at radius 2 is 1.90 bits per heavy atom. The van der Waals surface area contributed by atoms with Crippen molar-refractivity contribution in [2.24, 2.45) is 0 Å². The summed E-state index contributed by atoms with van der Waals surface area (Å²) >= 11 is 0. The van der Waals surface area contributed by atoms with Crippen LogP contribution >= 0.6 is 0 Å². The van der Waals surface area contributed by atoms with Gasteiger partial charge in [0.1, 0.15) is 0 Å². The van der Waals surface area contributed by atoms with Crippen LogP contribution in [0, 0.1) is 6.92 Å². The van der Waals surface area contributed by atoms with Crippen molar-refractivity contribution >= 4 is 17.3 Å². The fourth-order valence-electron chi connectivity index (χ4n) is 2.09. The lowest BCUT2D eigenvalue weighted by molar-refractivity contribution is 0.0827. The zero-order chi connectivity index (χ0) is 15.4. The van der Waals surface area contributed by atoms with Gasteiger partial charge in [0, 0.05) is 37.6 Å². The van der Waals surface area contributed by atoms with Crippen LogP contribution in [0.4, 0.5) is 11.4 Å². The first-order chi connectivity index (χ1) is 9.99. The maximum Gasteiger partial charge on any atom is 0.253 e. The first-order valence-electron chi connectivity index (χ1n) is 6.88. The van der Waals surface area contributed by atoms with Crippen LogP contribution in [0.25, 0.3) is 0 Å². The van der Waals surface area contributed by atoms with Gasteiger partial charge in [-0.1, -0.05) is 24.3 Å². The molecule has 3 N–H and O–H groups in total. The lowest BCUT2D eigenvalue weighted by Crippen LogP contribution is -2.21. The summed E-state index contributed by atoms with van der Waals surface area (Å²) in [4.78, 5) is 13.6. The summed E-state index contributed by atoms with van der Waals surface area (Å²) in [6.07, 6.45) is 0. The van der Waals surface area contributed by atoms with Crippen molar-refractivity contribution < 1.29 is 4.79 Å². The molecule has 0 saturated heterocycles. The highest BCUT2D eigenvalue weighted by molar-refractivity contribution is 5.95. The third kappa shape index (κ3) is 3.54. The fraction of sp³-hybridized carbons (Fsp3) is 0.235. The van der Waals surface area contributed by atoms with Crippen LogP contribution in [0.1, 0.15) is 21.5 Å². The third-order valence-electron chi connectivity index (χ3n) is 3.42. The Hall–Kier alpha value is -2.49. The fourth-order valence-corrected chi connectivity index (χ4v) is 2.09. The highest BCUT2D eigenvalue weighted by Crippen LogP contribution is 2.20. The molecule has 1 amide bonds. The Morgan fingerprint density at radius 1 is 1.19 bits per heavy atom. The topological polar surface area (TPSA) is 58.4 Å². The summed E-state index contributed by atoms with van der Waals surface area (Å²) in [5, 5.41) is 3.35. The summed E-state index contributed by atoms with van der Waals surface area (Å²) in [5.74, 6) is -0.00252. The predicted molar refractivity (Wildman–Crippen MR) is 87.4 cm³/mol. The first kappa shape index (κ1) is 14.9. The minimum Gasteiger partial charge on any atom is -0.398 e.